The van der Waals surface area contributed by atoms with E-state index >= 15 is 0 Å². The number of ketones is 1. The van der Waals surface area contributed by atoms with Crippen LogP contribution in [0, 0.1) is 6.92 Å². The third-order valence-corrected chi connectivity index (χ3v) is 7.67. The van der Waals surface area contributed by atoms with Gasteiger partial charge in [-0.2, -0.15) is 0 Å². The lowest BCUT2D eigenvalue weighted by atomic mass is 9.96. The highest BCUT2D eigenvalue weighted by atomic mass is 16.5. The summed E-state index contributed by atoms with van der Waals surface area (Å²) in [5.74, 6) is -0.895. The average Bonchev–Trinajstić information content (AvgIpc) is 3.48. The van der Waals surface area contributed by atoms with Crippen LogP contribution in [0.15, 0.2) is 84.6 Å². The summed E-state index contributed by atoms with van der Waals surface area (Å²) in [7, 11) is 0. The van der Waals surface area contributed by atoms with Crippen LogP contribution in [-0.4, -0.2) is 75.4 Å². The number of nitrogens with zero attached hydrogens (tertiary/aromatic N) is 4. The van der Waals surface area contributed by atoms with Gasteiger partial charge in [0.1, 0.15) is 23.7 Å². The maximum absolute atomic E-state index is 13.6. The van der Waals surface area contributed by atoms with Crippen LogP contribution in [0.3, 0.4) is 0 Å². The van der Waals surface area contributed by atoms with Gasteiger partial charge in [0.2, 0.25) is 0 Å². The molecule has 2 fully saturated rings. The average molecular weight is 553 g/mol. The molecule has 1 unspecified atom stereocenters. The predicted octanol–water partition coefficient (Wildman–Crippen LogP) is 3.98. The summed E-state index contributed by atoms with van der Waals surface area (Å²) in [6.45, 7) is 5.95. The normalized spacial score (nSPS) is 19.2. The first-order chi connectivity index (χ1) is 20.0. The highest BCUT2D eigenvalue weighted by Crippen LogP contribution is 2.40. The van der Waals surface area contributed by atoms with Crippen molar-refractivity contribution in [3.8, 4) is 5.75 Å². The first-order valence-electron chi connectivity index (χ1n) is 13.8. The zero-order valence-electron chi connectivity index (χ0n) is 22.9. The molecule has 0 spiro atoms. The molecular formula is C32H32N4O5. The molecule has 6 rings (SSSR count). The van der Waals surface area contributed by atoms with Crippen LogP contribution < -0.4 is 4.74 Å². The number of rotatable bonds is 8. The zero-order chi connectivity index (χ0) is 28.3. The van der Waals surface area contributed by atoms with Crippen LogP contribution in [0.5, 0.6) is 5.75 Å². The van der Waals surface area contributed by atoms with Crippen LogP contribution in [0.1, 0.15) is 28.6 Å². The molecule has 1 amide bonds. The van der Waals surface area contributed by atoms with Gasteiger partial charge < -0.3 is 19.5 Å². The maximum atomic E-state index is 13.6. The van der Waals surface area contributed by atoms with Crippen molar-refractivity contribution < 1.29 is 24.2 Å². The fourth-order valence-electron chi connectivity index (χ4n) is 5.54. The Morgan fingerprint density at radius 3 is 2.46 bits per heavy atom. The number of amides is 1. The van der Waals surface area contributed by atoms with Crippen molar-refractivity contribution in [2.45, 2.75) is 19.6 Å². The Labute approximate surface area is 238 Å². The zero-order valence-corrected chi connectivity index (χ0v) is 22.9. The van der Waals surface area contributed by atoms with Gasteiger partial charge in [0.05, 0.1) is 30.5 Å². The molecule has 4 aromatic rings. The van der Waals surface area contributed by atoms with Gasteiger partial charge in [-0.15, -0.1) is 0 Å². The van der Waals surface area contributed by atoms with Gasteiger partial charge in [0.25, 0.3) is 11.7 Å². The van der Waals surface area contributed by atoms with E-state index in [-0.39, 0.29) is 11.3 Å². The number of aliphatic hydroxyl groups excluding tert-OH is 1. The molecule has 2 aromatic carbocycles. The van der Waals surface area contributed by atoms with Gasteiger partial charge >= 0.3 is 0 Å². The van der Waals surface area contributed by atoms with Crippen LogP contribution >= 0.6 is 0 Å². The van der Waals surface area contributed by atoms with Crippen LogP contribution in [0.4, 0.5) is 0 Å². The van der Waals surface area contributed by atoms with E-state index < -0.39 is 17.7 Å². The van der Waals surface area contributed by atoms with Crippen molar-refractivity contribution >= 4 is 23.1 Å². The van der Waals surface area contributed by atoms with E-state index in [4.69, 9.17) is 9.47 Å². The monoisotopic (exact) mass is 552 g/mol. The van der Waals surface area contributed by atoms with Gasteiger partial charge in [-0.25, -0.2) is 4.98 Å². The Morgan fingerprint density at radius 1 is 0.976 bits per heavy atom. The Bertz CT molecular complexity index is 1590. The molecule has 2 aliphatic rings. The molecule has 0 saturated carbocycles. The largest absolute Gasteiger partial charge is 0.505 e. The molecule has 2 aliphatic heterocycles. The SMILES string of the molecule is Cc1nc2ccccn2c1C(O)=C1C(=O)C(=O)N(CCN2CCOCC2)C1c1ccc(OCc2ccccc2)cc1. The molecule has 4 heterocycles. The van der Waals surface area contributed by atoms with E-state index in [2.05, 4.69) is 9.88 Å². The molecule has 2 aromatic heterocycles. The van der Waals surface area contributed by atoms with Crippen molar-refractivity contribution in [1.29, 1.82) is 0 Å². The Hall–Kier alpha value is -4.47. The van der Waals surface area contributed by atoms with Gasteiger partial charge in [0, 0.05) is 32.4 Å². The number of hydrogen-bond acceptors (Lipinski definition) is 7. The van der Waals surface area contributed by atoms with Crippen LogP contribution in [0.2, 0.25) is 0 Å². The fraction of sp³-hybridized carbons (Fsp3) is 0.281. The molecule has 9 nitrogen and oxygen atoms in total. The summed E-state index contributed by atoms with van der Waals surface area (Å²) >= 11 is 0. The van der Waals surface area contributed by atoms with Crippen LogP contribution in [-0.2, 0) is 20.9 Å². The van der Waals surface area contributed by atoms with E-state index in [1.807, 2.05) is 72.8 Å². The number of carbonyl (C=O) groups excluding carboxylic acids is 2. The third kappa shape index (κ3) is 5.33. The minimum absolute atomic E-state index is 0.0590. The molecule has 41 heavy (non-hydrogen) atoms. The Balaban J connectivity index is 1.36. The van der Waals surface area contributed by atoms with Crippen molar-refractivity contribution in [3.63, 3.8) is 0 Å². The molecule has 0 bridgehead atoms. The van der Waals surface area contributed by atoms with Gasteiger partial charge in [-0.1, -0.05) is 48.5 Å². The number of benzene rings is 2. The van der Waals surface area contributed by atoms with E-state index in [1.165, 1.54) is 0 Å². The summed E-state index contributed by atoms with van der Waals surface area (Å²) in [6, 6.07) is 22.0. The van der Waals surface area contributed by atoms with Crippen LogP contribution in [0.25, 0.3) is 11.4 Å². The number of ether oxygens (including phenoxy) is 2. The second-order valence-electron chi connectivity index (χ2n) is 10.3. The van der Waals surface area contributed by atoms with Crippen molar-refractivity contribution in [3.05, 3.63) is 107 Å². The number of pyridine rings is 1. The molecule has 210 valence electrons. The number of aromatic nitrogens is 2. The topological polar surface area (TPSA) is 96.6 Å². The summed E-state index contributed by atoms with van der Waals surface area (Å²) in [5.41, 5.74) is 3.44. The van der Waals surface area contributed by atoms with Crippen molar-refractivity contribution in [1.82, 2.24) is 19.2 Å². The Morgan fingerprint density at radius 2 is 1.71 bits per heavy atom. The third-order valence-electron chi connectivity index (χ3n) is 7.67. The number of Topliss-reactive ketones (excluding diaryl/α,β-unsaturated/α-hetero) is 1. The summed E-state index contributed by atoms with van der Waals surface area (Å²) in [6.07, 6.45) is 1.78. The molecule has 1 N–H and O–H groups in total. The van der Waals surface area contributed by atoms with Gasteiger partial charge in [0.15, 0.2) is 5.76 Å². The highest BCUT2D eigenvalue weighted by molar-refractivity contribution is 6.46. The summed E-state index contributed by atoms with van der Waals surface area (Å²) in [5, 5.41) is 11.7. The number of likely N-dealkylation sites (tertiary alicyclic amines) is 1. The van der Waals surface area contributed by atoms with E-state index in [1.54, 1.807) is 22.4 Å². The van der Waals surface area contributed by atoms with E-state index in [9.17, 15) is 14.7 Å². The van der Waals surface area contributed by atoms with E-state index in [0.29, 0.717) is 61.3 Å². The lowest BCUT2D eigenvalue weighted by molar-refractivity contribution is -0.140. The molecule has 2 saturated heterocycles. The summed E-state index contributed by atoms with van der Waals surface area (Å²) in [4.78, 5) is 35.4. The molecule has 9 heteroatoms. The fourth-order valence-corrected chi connectivity index (χ4v) is 5.54. The number of carbonyl (C=O) groups is 2. The first kappa shape index (κ1) is 26.7. The maximum Gasteiger partial charge on any atom is 0.295 e. The van der Waals surface area contributed by atoms with Gasteiger partial charge in [-0.3, -0.25) is 18.9 Å². The number of morpholine rings is 1. The smallest absolute Gasteiger partial charge is 0.295 e. The molecule has 0 aliphatic carbocycles. The second-order valence-corrected chi connectivity index (χ2v) is 10.3. The number of imidazole rings is 1. The number of aryl methyl sites for hydroxylation is 1. The second kappa shape index (κ2) is 11.6. The molecule has 0 radical (unpaired) electrons. The van der Waals surface area contributed by atoms with Crippen molar-refractivity contribution in [2.75, 3.05) is 39.4 Å². The number of aliphatic hydroxyl groups is 1. The van der Waals surface area contributed by atoms with Gasteiger partial charge in [-0.05, 0) is 42.3 Å². The van der Waals surface area contributed by atoms with E-state index in [0.717, 1.165) is 18.7 Å². The summed E-state index contributed by atoms with van der Waals surface area (Å²) < 4.78 is 13.2. The first-order valence-corrected chi connectivity index (χ1v) is 13.8. The predicted molar refractivity (Wildman–Crippen MR) is 153 cm³/mol. The minimum atomic E-state index is -0.757. The lowest BCUT2D eigenvalue weighted by Crippen LogP contribution is -2.42. The standard InChI is InChI=1S/C32H32N4O5/c1-22-28(35-14-6-5-9-26(35)33-22)30(37)27-29(36(32(39)31(27)38)16-15-34-17-19-40-20-18-34)24-10-12-25(13-11-24)41-21-23-7-3-2-4-8-23/h2-14,29,37H,15-21H2,1H3. The lowest BCUT2D eigenvalue weighted by Gasteiger charge is -2.31. The minimum Gasteiger partial charge on any atom is -0.505 e. The number of hydrogen-bond donors (Lipinski definition) is 1. The quantitative estimate of drug-likeness (QED) is 0.201. The molecule has 1 atom stereocenters. The van der Waals surface area contributed by atoms with Crippen molar-refractivity contribution in [2.24, 2.45) is 0 Å². The highest BCUT2D eigenvalue weighted by Gasteiger charge is 2.46. The number of fused-ring (bicyclic) bond motifs is 1. The molecular weight excluding hydrogens is 520 g/mol. The Kier molecular flexibility index (Phi) is 7.54.